The summed E-state index contributed by atoms with van der Waals surface area (Å²) in [5, 5.41) is 10.6. The minimum absolute atomic E-state index is 0.326. The first-order chi connectivity index (χ1) is 8.55. The van der Waals surface area contributed by atoms with Crippen molar-refractivity contribution in [2.75, 3.05) is 20.2 Å². The molecule has 0 saturated carbocycles. The highest BCUT2D eigenvalue weighted by atomic mass is 79.9. The smallest absolute Gasteiger partial charge is 0.409 e. The molecule has 0 radical (unpaired) electrons. The van der Waals surface area contributed by atoms with Crippen molar-refractivity contribution in [1.29, 1.82) is 0 Å². The summed E-state index contributed by atoms with van der Waals surface area (Å²) in [5.41, 5.74) is 0.0563. The van der Waals surface area contributed by atoms with E-state index in [-0.39, 0.29) is 6.09 Å². The van der Waals surface area contributed by atoms with Gasteiger partial charge in [-0.25, -0.2) is 4.79 Å². The number of rotatable bonds is 1. The third kappa shape index (κ3) is 2.67. The molecule has 1 amide bonds. The number of hydrogen-bond acceptors (Lipinski definition) is 3. The number of nitrogens with zero attached hydrogens (tertiary/aromatic N) is 1. The number of halogens is 1. The van der Waals surface area contributed by atoms with Crippen LogP contribution >= 0.6 is 15.9 Å². The van der Waals surface area contributed by atoms with E-state index in [1.807, 2.05) is 24.3 Å². The van der Waals surface area contributed by atoms with Gasteiger partial charge in [-0.2, -0.15) is 0 Å². The van der Waals surface area contributed by atoms with E-state index in [9.17, 15) is 9.90 Å². The van der Waals surface area contributed by atoms with Crippen molar-refractivity contribution in [3.8, 4) is 0 Å². The van der Waals surface area contributed by atoms with Crippen LogP contribution in [-0.4, -0.2) is 36.3 Å². The predicted molar refractivity (Wildman–Crippen MR) is 71.3 cm³/mol. The van der Waals surface area contributed by atoms with Crippen molar-refractivity contribution >= 4 is 22.0 Å². The topological polar surface area (TPSA) is 49.8 Å². The fourth-order valence-electron chi connectivity index (χ4n) is 2.24. The average molecular weight is 314 g/mol. The fraction of sp³-hybridized carbons (Fsp3) is 0.462. The number of methoxy groups -OCH3 is 1. The number of ether oxygens (including phenoxy) is 1. The van der Waals surface area contributed by atoms with E-state index >= 15 is 0 Å². The van der Waals surface area contributed by atoms with Gasteiger partial charge in [0.05, 0.1) is 12.7 Å². The quantitative estimate of drug-likeness (QED) is 0.866. The van der Waals surface area contributed by atoms with E-state index in [4.69, 9.17) is 0 Å². The lowest BCUT2D eigenvalue weighted by molar-refractivity contribution is -0.0230. The molecule has 0 aromatic heterocycles. The molecular weight excluding hydrogens is 298 g/mol. The van der Waals surface area contributed by atoms with Crippen LogP contribution in [0.25, 0.3) is 0 Å². The summed E-state index contributed by atoms with van der Waals surface area (Å²) in [4.78, 5) is 13.0. The lowest BCUT2D eigenvalue weighted by Gasteiger charge is -2.37. The number of carbonyl (C=O) groups excluding carboxylic acids is 1. The summed E-state index contributed by atoms with van der Waals surface area (Å²) >= 11 is 3.37. The van der Waals surface area contributed by atoms with E-state index in [0.29, 0.717) is 25.9 Å². The second-order valence-electron chi connectivity index (χ2n) is 4.50. The average Bonchev–Trinajstić information content (AvgIpc) is 2.39. The van der Waals surface area contributed by atoms with Crippen LogP contribution in [0.1, 0.15) is 18.4 Å². The largest absolute Gasteiger partial charge is 0.453 e. The summed E-state index contributed by atoms with van der Waals surface area (Å²) in [6.45, 7) is 1.03. The minimum Gasteiger partial charge on any atom is -0.453 e. The predicted octanol–water partition coefficient (Wildman–Crippen LogP) is 2.50. The molecule has 1 heterocycles. The zero-order chi connectivity index (χ0) is 13.2. The lowest BCUT2D eigenvalue weighted by Crippen LogP contribution is -2.45. The maximum absolute atomic E-state index is 11.4. The Hall–Kier alpha value is -1.07. The Morgan fingerprint density at radius 2 is 1.89 bits per heavy atom. The third-order valence-electron chi connectivity index (χ3n) is 3.40. The number of benzene rings is 1. The second kappa shape index (κ2) is 5.28. The van der Waals surface area contributed by atoms with Crippen LogP contribution in [0, 0.1) is 0 Å². The van der Waals surface area contributed by atoms with Crippen molar-refractivity contribution in [1.82, 2.24) is 4.90 Å². The van der Waals surface area contributed by atoms with Gasteiger partial charge in [-0.05, 0) is 30.5 Å². The van der Waals surface area contributed by atoms with Gasteiger partial charge in [0.15, 0.2) is 0 Å². The minimum atomic E-state index is -0.842. The van der Waals surface area contributed by atoms with Crippen LogP contribution in [-0.2, 0) is 10.3 Å². The van der Waals surface area contributed by atoms with Gasteiger partial charge in [-0.3, -0.25) is 0 Å². The number of carbonyl (C=O) groups is 1. The first-order valence-electron chi connectivity index (χ1n) is 5.86. The molecule has 1 aliphatic rings. The first-order valence-corrected chi connectivity index (χ1v) is 6.66. The van der Waals surface area contributed by atoms with Crippen molar-refractivity contribution in [2.45, 2.75) is 18.4 Å². The van der Waals surface area contributed by atoms with Crippen molar-refractivity contribution < 1.29 is 14.6 Å². The fourth-order valence-corrected chi connectivity index (χ4v) is 2.50. The Balaban J connectivity index is 2.07. The van der Waals surface area contributed by atoms with Gasteiger partial charge in [0.2, 0.25) is 0 Å². The van der Waals surface area contributed by atoms with Gasteiger partial charge in [-0.15, -0.1) is 0 Å². The second-order valence-corrected chi connectivity index (χ2v) is 5.41. The molecule has 1 aliphatic heterocycles. The molecule has 0 atom stereocenters. The highest BCUT2D eigenvalue weighted by molar-refractivity contribution is 9.10. The summed E-state index contributed by atoms with van der Waals surface area (Å²) in [7, 11) is 1.37. The Labute approximate surface area is 115 Å². The zero-order valence-corrected chi connectivity index (χ0v) is 11.8. The molecule has 1 N–H and O–H groups in total. The molecule has 0 unspecified atom stereocenters. The maximum Gasteiger partial charge on any atom is 0.409 e. The molecular formula is C13H16BrNO3. The summed E-state index contributed by atoms with van der Waals surface area (Å²) in [5.74, 6) is 0. The Bertz CT molecular complexity index is 424. The molecule has 2 rings (SSSR count). The molecule has 0 aliphatic carbocycles. The number of likely N-dealkylation sites (tertiary alicyclic amines) is 1. The molecule has 4 nitrogen and oxygen atoms in total. The van der Waals surface area contributed by atoms with Gasteiger partial charge >= 0.3 is 6.09 Å². The summed E-state index contributed by atoms with van der Waals surface area (Å²) in [6, 6.07) is 7.66. The summed E-state index contributed by atoms with van der Waals surface area (Å²) < 4.78 is 5.67. The van der Waals surface area contributed by atoms with Gasteiger partial charge < -0.3 is 14.7 Å². The molecule has 18 heavy (non-hydrogen) atoms. The van der Waals surface area contributed by atoms with Gasteiger partial charge in [0.1, 0.15) is 0 Å². The number of piperidine rings is 1. The Morgan fingerprint density at radius 3 is 2.39 bits per heavy atom. The van der Waals surface area contributed by atoms with Crippen molar-refractivity contribution in [3.63, 3.8) is 0 Å². The molecule has 1 fully saturated rings. The van der Waals surface area contributed by atoms with E-state index < -0.39 is 5.60 Å². The number of hydrogen-bond donors (Lipinski definition) is 1. The van der Waals surface area contributed by atoms with Crippen LogP contribution in [0.3, 0.4) is 0 Å². The van der Waals surface area contributed by atoms with E-state index in [1.165, 1.54) is 7.11 Å². The van der Waals surface area contributed by atoms with Crippen molar-refractivity contribution in [3.05, 3.63) is 34.3 Å². The van der Waals surface area contributed by atoms with Crippen LogP contribution in [0.15, 0.2) is 28.7 Å². The Morgan fingerprint density at radius 1 is 1.33 bits per heavy atom. The van der Waals surface area contributed by atoms with E-state index in [1.54, 1.807) is 4.90 Å². The normalized spacial score (nSPS) is 18.5. The lowest BCUT2D eigenvalue weighted by atomic mass is 9.84. The molecule has 1 aromatic rings. The third-order valence-corrected chi connectivity index (χ3v) is 3.93. The van der Waals surface area contributed by atoms with Crippen LogP contribution in [0.2, 0.25) is 0 Å². The molecule has 5 heteroatoms. The Kier molecular flexibility index (Phi) is 3.92. The molecule has 1 saturated heterocycles. The first kappa shape index (κ1) is 13.4. The van der Waals surface area contributed by atoms with Crippen LogP contribution in [0.4, 0.5) is 4.79 Å². The van der Waals surface area contributed by atoms with Gasteiger partial charge in [0.25, 0.3) is 0 Å². The molecule has 98 valence electrons. The molecule has 0 bridgehead atoms. The van der Waals surface area contributed by atoms with E-state index in [2.05, 4.69) is 20.7 Å². The molecule has 0 spiro atoms. The number of amides is 1. The number of aliphatic hydroxyl groups is 1. The van der Waals surface area contributed by atoms with E-state index in [0.717, 1.165) is 10.0 Å². The standard InChI is InChI=1S/C13H16BrNO3/c1-18-12(16)15-8-6-13(17,7-9-15)10-2-4-11(14)5-3-10/h2-5,17H,6-9H2,1H3. The zero-order valence-electron chi connectivity index (χ0n) is 10.2. The summed E-state index contributed by atoms with van der Waals surface area (Å²) in [6.07, 6.45) is 0.737. The molecule has 1 aromatic carbocycles. The van der Waals surface area contributed by atoms with Crippen LogP contribution < -0.4 is 0 Å². The van der Waals surface area contributed by atoms with Crippen LogP contribution in [0.5, 0.6) is 0 Å². The highest BCUT2D eigenvalue weighted by Crippen LogP contribution is 2.33. The van der Waals surface area contributed by atoms with Gasteiger partial charge in [0, 0.05) is 17.6 Å². The monoisotopic (exact) mass is 313 g/mol. The van der Waals surface area contributed by atoms with Gasteiger partial charge in [-0.1, -0.05) is 28.1 Å². The SMILES string of the molecule is COC(=O)N1CCC(O)(c2ccc(Br)cc2)CC1. The highest BCUT2D eigenvalue weighted by Gasteiger charge is 2.35. The van der Waals surface area contributed by atoms with Crippen molar-refractivity contribution in [2.24, 2.45) is 0 Å². The maximum atomic E-state index is 11.4.